The first-order valence-corrected chi connectivity index (χ1v) is 5.75. The van der Waals surface area contributed by atoms with Gasteiger partial charge in [0.1, 0.15) is 0 Å². The van der Waals surface area contributed by atoms with Crippen LogP contribution >= 0.6 is 0 Å². The maximum absolute atomic E-state index is 10.7. The molecule has 0 aromatic rings. The monoisotopic (exact) mass is 214 g/mol. The highest BCUT2D eigenvalue weighted by Gasteiger charge is 1.98. The van der Waals surface area contributed by atoms with Crippen LogP contribution in [0.4, 0.5) is 4.79 Å². The third kappa shape index (κ3) is 10.9. The van der Waals surface area contributed by atoms with Crippen LogP contribution in [0.3, 0.4) is 0 Å². The van der Waals surface area contributed by atoms with Gasteiger partial charge >= 0.3 is 6.16 Å². The average molecular weight is 214 g/mol. The maximum Gasteiger partial charge on any atom is 0.508 e. The number of carbonyl (C=O) groups is 1. The molecule has 3 nitrogen and oxygen atoms in total. The second-order valence-electron chi connectivity index (χ2n) is 3.29. The Labute approximate surface area is 92.5 Å². The largest absolute Gasteiger partial charge is 0.508 e. The number of unbranched alkanes of at least 4 members (excludes halogenated alkanes) is 3. The van der Waals surface area contributed by atoms with Gasteiger partial charge in [0.05, 0.1) is 13.2 Å². The molecule has 3 heteroatoms. The van der Waals surface area contributed by atoms with Crippen molar-refractivity contribution in [1.29, 1.82) is 0 Å². The number of carbonyl (C=O) groups excluding carboxylic acids is 1. The average Bonchev–Trinajstić information content (AvgIpc) is 2.22. The van der Waals surface area contributed by atoms with Gasteiger partial charge in [-0.1, -0.05) is 31.9 Å². The summed E-state index contributed by atoms with van der Waals surface area (Å²) in [6.07, 6.45) is 9.28. The lowest BCUT2D eigenvalue weighted by molar-refractivity contribution is 0.0604. The molecular weight excluding hydrogens is 192 g/mol. The van der Waals surface area contributed by atoms with Gasteiger partial charge in [0.15, 0.2) is 0 Å². The van der Waals surface area contributed by atoms with Crippen molar-refractivity contribution < 1.29 is 14.3 Å². The van der Waals surface area contributed by atoms with Crippen LogP contribution in [0.2, 0.25) is 0 Å². The van der Waals surface area contributed by atoms with Crippen LogP contribution in [0.1, 0.15) is 46.0 Å². The fourth-order valence-corrected chi connectivity index (χ4v) is 1.12. The molecule has 0 saturated heterocycles. The number of hydrogen-bond donors (Lipinski definition) is 0. The number of ether oxygens (including phenoxy) is 2. The van der Waals surface area contributed by atoms with E-state index < -0.39 is 6.16 Å². The Bertz CT molecular complexity index is 176. The van der Waals surface area contributed by atoms with E-state index in [1.807, 2.05) is 0 Å². The predicted octanol–water partition coefficient (Wildman–Crippen LogP) is 3.69. The van der Waals surface area contributed by atoms with Crippen molar-refractivity contribution in [1.82, 2.24) is 0 Å². The molecule has 0 aromatic heterocycles. The van der Waals surface area contributed by atoms with E-state index in [-0.39, 0.29) is 0 Å². The molecule has 0 aliphatic rings. The lowest BCUT2D eigenvalue weighted by Gasteiger charge is -2.01. The summed E-state index contributed by atoms with van der Waals surface area (Å²) in [7, 11) is 0. The molecule has 0 rings (SSSR count). The molecule has 0 atom stereocenters. The van der Waals surface area contributed by atoms with E-state index in [1.54, 1.807) is 6.92 Å². The first kappa shape index (κ1) is 14.0. The van der Waals surface area contributed by atoms with E-state index in [2.05, 4.69) is 23.8 Å². The fourth-order valence-electron chi connectivity index (χ4n) is 1.12. The zero-order valence-electron chi connectivity index (χ0n) is 9.83. The number of allylic oxidation sites excluding steroid dienone is 1. The van der Waals surface area contributed by atoms with Gasteiger partial charge in [-0.15, -0.1) is 0 Å². The van der Waals surface area contributed by atoms with Crippen LogP contribution < -0.4 is 0 Å². The molecular formula is C12H22O3. The highest BCUT2D eigenvalue weighted by Crippen LogP contribution is 2.00. The van der Waals surface area contributed by atoms with Crippen LogP contribution in [-0.2, 0) is 9.47 Å². The van der Waals surface area contributed by atoms with Gasteiger partial charge in [-0.25, -0.2) is 4.79 Å². The summed E-state index contributed by atoms with van der Waals surface area (Å²) < 4.78 is 9.41. The van der Waals surface area contributed by atoms with E-state index in [4.69, 9.17) is 4.74 Å². The van der Waals surface area contributed by atoms with Crippen LogP contribution in [0.15, 0.2) is 12.2 Å². The Balaban J connectivity index is 3.19. The predicted molar refractivity (Wildman–Crippen MR) is 60.9 cm³/mol. The first-order chi connectivity index (χ1) is 7.31. The quantitative estimate of drug-likeness (QED) is 0.351. The second-order valence-corrected chi connectivity index (χ2v) is 3.29. The normalized spacial score (nSPS) is 10.5. The first-order valence-electron chi connectivity index (χ1n) is 5.75. The minimum Gasteiger partial charge on any atom is -0.435 e. The van der Waals surface area contributed by atoms with Gasteiger partial charge < -0.3 is 9.47 Å². The Kier molecular flexibility index (Phi) is 10.4. The SMILES string of the molecule is CCCCC/C=C\CCOC(=O)OCC. The van der Waals surface area contributed by atoms with E-state index >= 15 is 0 Å². The molecule has 88 valence electrons. The summed E-state index contributed by atoms with van der Waals surface area (Å²) in [5.41, 5.74) is 0. The molecule has 0 aliphatic heterocycles. The minimum atomic E-state index is -0.572. The van der Waals surface area contributed by atoms with Gasteiger partial charge in [-0.2, -0.15) is 0 Å². The van der Waals surface area contributed by atoms with Gasteiger partial charge in [-0.05, 0) is 26.2 Å². The lowest BCUT2D eigenvalue weighted by atomic mass is 10.2. The Hall–Kier alpha value is -0.990. The van der Waals surface area contributed by atoms with Crippen molar-refractivity contribution >= 4 is 6.16 Å². The molecule has 0 amide bonds. The number of rotatable bonds is 8. The van der Waals surface area contributed by atoms with E-state index in [1.165, 1.54) is 19.3 Å². The highest BCUT2D eigenvalue weighted by molar-refractivity contribution is 5.59. The third-order valence-electron chi connectivity index (χ3n) is 1.91. The third-order valence-corrected chi connectivity index (χ3v) is 1.91. The summed E-state index contributed by atoms with van der Waals surface area (Å²) in [6, 6.07) is 0. The van der Waals surface area contributed by atoms with Crippen LogP contribution in [-0.4, -0.2) is 19.4 Å². The second kappa shape index (κ2) is 11.1. The topological polar surface area (TPSA) is 35.5 Å². The van der Waals surface area contributed by atoms with Crippen molar-refractivity contribution in [3.8, 4) is 0 Å². The Morgan fingerprint density at radius 3 is 2.47 bits per heavy atom. The molecule has 0 bridgehead atoms. The summed E-state index contributed by atoms with van der Waals surface area (Å²) >= 11 is 0. The Morgan fingerprint density at radius 2 is 1.80 bits per heavy atom. The molecule has 0 heterocycles. The van der Waals surface area contributed by atoms with E-state index in [0.29, 0.717) is 13.2 Å². The molecule has 0 aromatic carbocycles. The van der Waals surface area contributed by atoms with Crippen LogP contribution in [0.25, 0.3) is 0 Å². The molecule has 0 fully saturated rings. The van der Waals surface area contributed by atoms with E-state index in [9.17, 15) is 4.79 Å². The summed E-state index contributed by atoms with van der Waals surface area (Å²) in [5, 5.41) is 0. The van der Waals surface area contributed by atoms with Gasteiger partial charge in [0.25, 0.3) is 0 Å². The molecule has 0 aliphatic carbocycles. The molecule has 15 heavy (non-hydrogen) atoms. The smallest absolute Gasteiger partial charge is 0.435 e. The van der Waals surface area contributed by atoms with Crippen molar-refractivity contribution in [3.05, 3.63) is 12.2 Å². The van der Waals surface area contributed by atoms with Gasteiger partial charge in [-0.3, -0.25) is 0 Å². The van der Waals surface area contributed by atoms with Gasteiger partial charge in [0.2, 0.25) is 0 Å². The lowest BCUT2D eigenvalue weighted by Crippen LogP contribution is -2.07. The summed E-state index contributed by atoms with van der Waals surface area (Å²) in [6.45, 7) is 4.72. The standard InChI is InChI=1S/C12H22O3/c1-3-5-6-7-8-9-10-11-15-12(13)14-4-2/h8-9H,3-7,10-11H2,1-2H3/b9-8-. The molecule has 0 N–H and O–H groups in total. The molecule has 0 spiro atoms. The fraction of sp³-hybridized carbons (Fsp3) is 0.750. The minimum absolute atomic E-state index is 0.367. The van der Waals surface area contributed by atoms with Gasteiger partial charge in [0, 0.05) is 0 Å². The zero-order valence-corrected chi connectivity index (χ0v) is 9.83. The van der Waals surface area contributed by atoms with Crippen LogP contribution in [0.5, 0.6) is 0 Å². The summed E-state index contributed by atoms with van der Waals surface area (Å²) in [4.78, 5) is 10.7. The zero-order chi connectivity index (χ0) is 11.4. The maximum atomic E-state index is 10.7. The summed E-state index contributed by atoms with van der Waals surface area (Å²) in [5.74, 6) is 0. The molecule has 0 saturated carbocycles. The Morgan fingerprint density at radius 1 is 1.07 bits per heavy atom. The van der Waals surface area contributed by atoms with Crippen molar-refractivity contribution in [2.75, 3.05) is 13.2 Å². The van der Waals surface area contributed by atoms with Crippen molar-refractivity contribution in [3.63, 3.8) is 0 Å². The van der Waals surface area contributed by atoms with E-state index in [0.717, 1.165) is 12.8 Å². The molecule has 0 radical (unpaired) electrons. The number of hydrogen-bond acceptors (Lipinski definition) is 3. The van der Waals surface area contributed by atoms with Crippen LogP contribution in [0, 0.1) is 0 Å². The van der Waals surface area contributed by atoms with Crippen molar-refractivity contribution in [2.24, 2.45) is 0 Å². The molecule has 0 unspecified atom stereocenters. The highest BCUT2D eigenvalue weighted by atomic mass is 16.7. The van der Waals surface area contributed by atoms with Crippen molar-refractivity contribution in [2.45, 2.75) is 46.0 Å².